The number of carbonyl (C=O) groups is 3. The molecule has 3 heterocycles. The largest absolute Gasteiger partial charge is 0.421 e. The maximum atomic E-state index is 13.7. The number of ether oxygens (including phenoxy) is 2. The molecule has 0 aliphatic carbocycles. The molecule has 1 aliphatic rings. The van der Waals surface area contributed by atoms with Crippen LogP contribution in [-0.2, 0) is 44.4 Å². The van der Waals surface area contributed by atoms with Crippen molar-refractivity contribution < 1.29 is 32.3 Å². The Morgan fingerprint density at radius 3 is 2.46 bits per heavy atom. The topological polar surface area (TPSA) is 153 Å². The Hall–Kier alpha value is -4.49. The molecule has 1 amide bonds. The number of amides is 1. The van der Waals surface area contributed by atoms with Crippen LogP contribution in [-0.4, -0.2) is 65.3 Å². The van der Waals surface area contributed by atoms with Crippen molar-refractivity contribution >= 4 is 44.3 Å². The van der Waals surface area contributed by atoms with E-state index in [4.69, 9.17) is 9.47 Å². The lowest BCUT2D eigenvalue weighted by Gasteiger charge is -2.21. The minimum atomic E-state index is -3.94. The third-order valence-electron chi connectivity index (χ3n) is 8.05. The maximum absolute atomic E-state index is 13.7. The average molecular weight is 678 g/mol. The highest BCUT2D eigenvalue weighted by Gasteiger charge is 2.34. The first-order valence-electron chi connectivity index (χ1n) is 16.0. The molecule has 2 aromatic carbocycles. The van der Waals surface area contributed by atoms with Crippen LogP contribution < -0.4 is 14.8 Å². The summed E-state index contributed by atoms with van der Waals surface area (Å²) in [6.07, 6.45) is 3.98. The molecule has 12 nitrogen and oxygen atoms in total. The number of aryl methyl sites for hydroxylation is 1. The zero-order chi connectivity index (χ0) is 35.0. The van der Waals surface area contributed by atoms with Crippen LogP contribution >= 0.6 is 0 Å². The van der Waals surface area contributed by atoms with E-state index in [0.29, 0.717) is 5.69 Å². The zero-order valence-corrected chi connectivity index (χ0v) is 29.3. The number of hydrogen-bond donors (Lipinski definition) is 2. The molecule has 48 heavy (non-hydrogen) atoms. The number of aromatic nitrogens is 3. The molecule has 0 bridgehead atoms. The molecule has 2 N–H and O–H groups in total. The molecule has 13 heteroatoms. The van der Waals surface area contributed by atoms with Crippen molar-refractivity contribution in [1.29, 1.82) is 0 Å². The molecular formula is C35H43N5O7S. The van der Waals surface area contributed by atoms with Crippen LogP contribution in [0.2, 0.25) is 0 Å². The van der Waals surface area contributed by atoms with Gasteiger partial charge in [0, 0.05) is 59.1 Å². The normalized spacial score (nSPS) is 13.9. The third kappa shape index (κ3) is 7.63. The number of carbonyl (C=O) groups excluding carboxylic acids is 3. The molecule has 0 atom stereocenters. The van der Waals surface area contributed by atoms with E-state index in [1.165, 1.54) is 12.1 Å². The Bertz CT molecular complexity index is 1990. The lowest BCUT2D eigenvalue weighted by molar-refractivity contribution is -0.142. The van der Waals surface area contributed by atoms with E-state index < -0.39 is 45.6 Å². The first-order valence-corrected chi connectivity index (χ1v) is 17.7. The molecule has 4 aromatic rings. The first-order chi connectivity index (χ1) is 22.5. The predicted octanol–water partition coefficient (Wildman–Crippen LogP) is 5.25. The summed E-state index contributed by atoms with van der Waals surface area (Å²) >= 11 is 0. The molecule has 0 spiro atoms. The van der Waals surface area contributed by atoms with E-state index in [9.17, 15) is 22.8 Å². The van der Waals surface area contributed by atoms with Gasteiger partial charge in [-0.25, -0.2) is 8.42 Å². The minimum absolute atomic E-state index is 0.144. The molecule has 0 saturated carbocycles. The molecule has 0 unspecified atom stereocenters. The van der Waals surface area contributed by atoms with Crippen LogP contribution in [0.5, 0.6) is 11.5 Å². The Balaban J connectivity index is 1.46. The number of esters is 2. The average Bonchev–Trinajstić information content (AvgIpc) is 3.55. The summed E-state index contributed by atoms with van der Waals surface area (Å²) in [5.41, 5.74) is 4.47. The number of benzene rings is 2. The molecule has 2 aromatic heterocycles. The lowest BCUT2D eigenvalue weighted by Crippen LogP contribution is -2.22. The van der Waals surface area contributed by atoms with Crippen molar-refractivity contribution in [2.45, 2.75) is 77.8 Å². The highest BCUT2D eigenvalue weighted by molar-refractivity contribution is 7.91. The van der Waals surface area contributed by atoms with E-state index in [2.05, 4.69) is 61.2 Å². The monoisotopic (exact) mass is 677 g/mol. The van der Waals surface area contributed by atoms with Crippen molar-refractivity contribution in [1.82, 2.24) is 19.7 Å². The van der Waals surface area contributed by atoms with Gasteiger partial charge in [0.05, 0.1) is 17.5 Å². The number of nitrogens with one attached hydrogen (secondary N) is 2. The molecule has 5 rings (SSSR count). The second-order valence-electron chi connectivity index (χ2n) is 13.7. The summed E-state index contributed by atoms with van der Waals surface area (Å²) < 4.78 is 38.9. The Morgan fingerprint density at radius 2 is 1.81 bits per heavy atom. The third-order valence-corrected chi connectivity index (χ3v) is 10.1. The van der Waals surface area contributed by atoms with Gasteiger partial charge in [-0.15, -0.1) is 0 Å². The SMILES string of the molecule is CCn1cc(CN(C)CCc2c(C(C)(C)C)[nH]c3ccc(NC(=O)c4ccc(S(=O)(=O)CC(C)C)c5c4OC(=O)CC(=O)O5)cc23)cn1. The number of nitrogens with zero attached hydrogens (tertiary/aromatic N) is 3. The Labute approximate surface area is 280 Å². The predicted molar refractivity (Wildman–Crippen MR) is 182 cm³/mol. The number of likely N-dealkylation sites (N-methyl/N-ethyl adjacent to an activating group) is 1. The summed E-state index contributed by atoms with van der Waals surface area (Å²) in [7, 11) is -1.86. The fourth-order valence-electron chi connectivity index (χ4n) is 5.89. The van der Waals surface area contributed by atoms with Crippen LogP contribution in [0.3, 0.4) is 0 Å². The van der Waals surface area contributed by atoms with Gasteiger partial charge in [-0.1, -0.05) is 34.6 Å². The zero-order valence-electron chi connectivity index (χ0n) is 28.5. The lowest BCUT2D eigenvalue weighted by atomic mass is 9.88. The fourth-order valence-corrected chi connectivity index (χ4v) is 7.64. The smallest absolute Gasteiger partial charge is 0.322 e. The second-order valence-corrected chi connectivity index (χ2v) is 15.7. The number of sulfone groups is 1. The van der Waals surface area contributed by atoms with E-state index >= 15 is 0 Å². The molecule has 1 aliphatic heterocycles. The van der Waals surface area contributed by atoms with E-state index in [-0.39, 0.29) is 27.5 Å². The van der Waals surface area contributed by atoms with Gasteiger partial charge in [-0.3, -0.25) is 19.1 Å². The number of rotatable bonds is 11. The van der Waals surface area contributed by atoms with Crippen molar-refractivity contribution in [3.05, 3.63) is 65.1 Å². The van der Waals surface area contributed by atoms with Crippen molar-refractivity contribution in [3.63, 3.8) is 0 Å². The number of fused-ring (bicyclic) bond motifs is 2. The van der Waals surface area contributed by atoms with Crippen LogP contribution in [0, 0.1) is 5.92 Å². The first kappa shape index (κ1) is 34.8. The molecule has 0 fully saturated rings. The van der Waals surface area contributed by atoms with Crippen molar-refractivity contribution in [2.24, 2.45) is 5.92 Å². The van der Waals surface area contributed by atoms with Gasteiger partial charge < -0.3 is 24.7 Å². The molecule has 0 saturated heterocycles. The summed E-state index contributed by atoms with van der Waals surface area (Å²) in [4.78, 5) is 44.0. The van der Waals surface area contributed by atoms with Gasteiger partial charge in [0.1, 0.15) is 11.3 Å². The van der Waals surface area contributed by atoms with Crippen LogP contribution in [0.4, 0.5) is 5.69 Å². The van der Waals surface area contributed by atoms with Crippen LogP contribution in [0.25, 0.3) is 10.9 Å². The van der Waals surface area contributed by atoms with Gasteiger partial charge in [0.15, 0.2) is 21.3 Å². The van der Waals surface area contributed by atoms with Gasteiger partial charge in [0.25, 0.3) is 5.91 Å². The fraction of sp³-hybridized carbons (Fsp3) is 0.429. The quantitative estimate of drug-likeness (QED) is 0.123. The number of hydrogen-bond acceptors (Lipinski definition) is 9. The minimum Gasteiger partial charge on any atom is -0.421 e. The second kappa shape index (κ2) is 13.6. The molecular weight excluding hydrogens is 634 g/mol. The van der Waals surface area contributed by atoms with E-state index in [0.717, 1.165) is 53.8 Å². The van der Waals surface area contributed by atoms with E-state index in [1.54, 1.807) is 19.9 Å². The van der Waals surface area contributed by atoms with Gasteiger partial charge in [-0.2, -0.15) is 5.10 Å². The molecule has 256 valence electrons. The highest BCUT2D eigenvalue weighted by Crippen LogP contribution is 2.41. The van der Waals surface area contributed by atoms with Crippen molar-refractivity contribution in [2.75, 3.05) is 24.7 Å². The summed E-state index contributed by atoms with van der Waals surface area (Å²) in [5, 5.41) is 8.20. The van der Waals surface area contributed by atoms with Crippen molar-refractivity contribution in [3.8, 4) is 11.5 Å². The van der Waals surface area contributed by atoms with Crippen LogP contribution in [0.1, 0.15) is 75.1 Å². The Morgan fingerprint density at radius 1 is 1.10 bits per heavy atom. The van der Waals surface area contributed by atoms with Gasteiger partial charge in [-0.05, 0) is 62.2 Å². The van der Waals surface area contributed by atoms with Gasteiger partial charge in [0.2, 0.25) is 0 Å². The van der Waals surface area contributed by atoms with Crippen LogP contribution in [0.15, 0.2) is 47.6 Å². The van der Waals surface area contributed by atoms with E-state index in [1.807, 2.05) is 23.0 Å². The number of aromatic amines is 1. The Kier molecular flexibility index (Phi) is 9.84. The molecule has 0 radical (unpaired) electrons. The summed E-state index contributed by atoms with van der Waals surface area (Å²) in [6, 6.07) is 8.04. The van der Waals surface area contributed by atoms with Gasteiger partial charge >= 0.3 is 11.9 Å². The number of H-pyrrole nitrogens is 1. The summed E-state index contributed by atoms with van der Waals surface area (Å²) in [5.74, 6) is -3.91. The maximum Gasteiger partial charge on any atom is 0.322 e. The highest BCUT2D eigenvalue weighted by atomic mass is 32.2. The summed E-state index contributed by atoms with van der Waals surface area (Å²) in [6.45, 7) is 14.3. The number of anilines is 1. The standard InChI is InChI=1S/C35H43N5O7S/c1-8-40-19-22(17-36-40)18-39(7)14-13-24-26-15-23(9-11-27(26)38-33(24)35(4,5)6)37-34(43)25-10-12-28(48(44,45)20-21(2)3)32-31(25)46-29(41)16-30(42)47-32/h9-12,15,17,19,21,38H,8,13-14,16,18,20H2,1-7H3,(H,37,43).